The number of ether oxygens (including phenoxy) is 1. The summed E-state index contributed by atoms with van der Waals surface area (Å²) in [7, 11) is 0. The van der Waals surface area contributed by atoms with Gasteiger partial charge in [-0.1, -0.05) is 30.6 Å². The van der Waals surface area contributed by atoms with Crippen molar-refractivity contribution in [2.24, 2.45) is 0 Å². The van der Waals surface area contributed by atoms with E-state index in [1.807, 2.05) is 6.07 Å². The van der Waals surface area contributed by atoms with Gasteiger partial charge in [-0.2, -0.15) is 0 Å². The van der Waals surface area contributed by atoms with Crippen molar-refractivity contribution < 1.29 is 9.53 Å². The molecule has 0 unspecified atom stereocenters. The maximum absolute atomic E-state index is 12.4. The Labute approximate surface area is 161 Å². The lowest BCUT2D eigenvalue weighted by Gasteiger charge is -2.32. The van der Waals surface area contributed by atoms with Crippen LogP contribution >= 0.6 is 11.3 Å². The standard InChI is InChI=1S/C18H22N6O2S/c25-16-14-15(18(24-16)5-2-1-3-6-18)23-17(27-14)22-13-8-12(19-10-20-13)21-11-4-7-26-9-11/h8,10-11H,1-7,9H2,(H,24,25)(H2,19,20,21,22,23)/t11-/m0/s1. The quantitative estimate of drug-likeness (QED) is 0.743. The Kier molecular flexibility index (Phi) is 4.20. The van der Waals surface area contributed by atoms with Gasteiger partial charge in [-0.15, -0.1) is 0 Å². The smallest absolute Gasteiger partial charge is 0.264 e. The van der Waals surface area contributed by atoms with Crippen molar-refractivity contribution in [3.63, 3.8) is 0 Å². The number of hydrogen-bond acceptors (Lipinski definition) is 8. The molecule has 3 aliphatic rings. The van der Waals surface area contributed by atoms with Crippen molar-refractivity contribution in [1.82, 2.24) is 20.3 Å². The molecule has 1 amide bonds. The molecule has 2 aliphatic heterocycles. The molecule has 5 rings (SSSR count). The molecule has 4 heterocycles. The third kappa shape index (κ3) is 3.14. The van der Waals surface area contributed by atoms with Gasteiger partial charge >= 0.3 is 0 Å². The highest BCUT2D eigenvalue weighted by atomic mass is 32.1. The fourth-order valence-corrected chi connectivity index (χ4v) is 5.14. The van der Waals surface area contributed by atoms with Crippen molar-refractivity contribution in [2.75, 3.05) is 23.8 Å². The van der Waals surface area contributed by atoms with Crippen LogP contribution in [0.4, 0.5) is 16.8 Å². The van der Waals surface area contributed by atoms with Crippen LogP contribution in [-0.2, 0) is 10.3 Å². The summed E-state index contributed by atoms with van der Waals surface area (Å²) in [6.07, 6.45) is 7.93. The number of amides is 1. The van der Waals surface area contributed by atoms with Crippen molar-refractivity contribution in [3.8, 4) is 0 Å². The van der Waals surface area contributed by atoms with Crippen LogP contribution in [-0.4, -0.2) is 40.1 Å². The minimum absolute atomic E-state index is 0.00345. The molecule has 8 nitrogen and oxygen atoms in total. The van der Waals surface area contributed by atoms with E-state index >= 15 is 0 Å². The van der Waals surface area contributed by atoms with Crippen LogP contribution in [0.15, 0.2) is 12.4 Å². The third-order valence-electron chi connectivity index (χ3n) is 5.53. The zero-order chi connectivity index (χ0) is 18.3. The summed E-state index contributed by atoms with van der Waals surface area (Å²) < 4.78 is 5.39. The molecule has 9 heteroatoms. The van der Waals surface area contributed by atoms with Crippen LogP contribution in [0.2, 0.25) is 0 Å². The van der Waals surface area contributed by atoms with Crippen LogP contribution in [0.3, 0.4) is 0 Å². The van der Waals surface area contributed by atoms with Crippen LogP contribution in [0.5, 0.6) is 0 Å². The number of carbonyl (C=O) groups excluding carboxylic acids is 1. The summed E-state index contributed by atoms with van der Waals surface area (Å²) in [6, 6.07) is 2.15. The molecule has 1 saturated carbocycles. The Balaban J connectivity index is 1.35. The maximum atomic E-state index is 12.4. The predicted molar refractivity (Wildman–Crippen MR) is 103 cm³/mol. The summed E-state index contributed by atoms with van der Waals surface area (Å²) in [5.74, 6) is 1.43. The predicted octanol–water partition coefficient (Wildman–Crippen LogP) is 2.78. The van der Waals surface area contributed by atoms with E-state index in [0.29, 0.717) is 17.6 Å². The Hall–Kier alpha value is -2.26. The van der Waals surface area contributed by atoms with E-state index in [2.05, 4.69) is 25.9 Å². The van der Waals surface area contributed by atoms with Crippen molar-refractivity contribution in [1.29, 1.82) is 0 Å². The zero-order valence-electron chi connectivity index (χ0n) is 15.0. The normalized spacial score (nSPS) is 23.3. The summed E-state index contributed by atoms with van der Waals surface area (Å²) in [5.41, 5.74) is 0.650. The Morgan fingerprint density at radius 2 is 2.07 bits per heavy atom. The van der Waals surface area contributed by atoms with E-state index in [9.17, 15) is 4.79 Å². The zero-order valence-corrected chi connectivity index (χ0v) is 15.8. The van der Waals surface area contributed by atoms with Gasteiger partial charge in [-0.05, 0) is 19.3 Å². The first-order valence-corrected chi connectivity index (χ1v) is 10.3. The van der Waals surface area contributed by atoms with Crippen LogP contribution in [0, 0.1) is 0 Å². The molecule has 1 saturated heterocycles. The molecule has 1 spiro atoms. The average Bonchev–Trinajstić information content (AvgIpc) is 3.37. The number of thiazole rings is 1. The van der Waals surface area contributed by atoms with Gasteiger partial charge in [0, 0.05) is 12.7 Å². The van der Waals surface area contributed by atoms with Gasteiger partial charge in [0.1, 0.15) is 22.8 Å². The minimum Gasteiger partial charge on any atom is -0.379 e. The number of rotatable bonds is 4. The summed E-state index contributed by atoms with van der Waals surface area (Å²) in [6.45, 7) is 1.48. The first kappa shape index (κ1) is 16.9. The SMILES string of the molecule is O=C1NC2(CCCCC2)c2nc(Nc3cc(N[C@H]4CCOC4)ncn3)sc21. The number of hydrogen-bond donors (Lipinski definition) is 3. The first-order valence-electron chi connectivity index (χ1n) is 9.49. The van der Waals surface area contributed by atoms with Crippen molar-refractivity contribution in [2.45, 2.75) is 50.1 Å². The number of carbonyl (C=O) groups is 1. The topological polar surface area (TPSA) is 101 Å². The molecule has 0 aromatic carbocycles. The average molecular weight is 386 g/mol. The lowest BCUT2D eigenvalue weighted by atomic mass is 9.81. The van der Waals surface area contributed by atoms with E-state index in [-0.39, 0.29) is 17.5 Å². The minimum atomic E-state index is -0.262. The van der Waals surface area contributed by atoms with Gasteiger partial charge < -0.3 is 20.7 Å². The molecular weight excluding hydrogens is 364 g/mol. The van der Waals surface area contributed by atoms with Gasteiger partial charge in [-0.25, -0.2) is 15.0 Å². The Bertz CT molecular complexity index is 857. The molecule has 142 valence electrons. The summed E-state index contributed by atoms with van der Waals surface area (Å²) in [5, 5.41) is 10.5. The Morgan fingerprint density at radius 3 is 2.89 bits per heavy atom. The van der Waals surface area contributed by atoms with E-state index in [1.165, 1.54) is 24.1 Å². The number of anilines is 3. The molecule has 27 heavy (non-hydrogen) atoms. The highest BCUT2D eigenvalue weighted by molar-refractivity contribution is 7.17. The van der Waals surface area contributed by atoms with E-state index in [4.69, 9.17) is 9.72 Å². The molecular formula is C18H22N6O2S. The van der Waals surface area contributed by atoms with Gasteiger partial charge in [0.15, 0.2) is 5.13 Å². The number of aromatic nitrogens is 3. The third-order valence-corrected chi connectivity index (χ3v) is 6.50. The molecule has 1 aliphatic carbocycles. The van der Waals surface area contributed by atoms with Crippen LogP contribution in [0.1, 0.15) is 53.9 Å². The van der Waals surface area contributed by atoms with E-state index in [0.717, 1.165) is 55.1 Å². The Morgan fingerprint density at radius 1 is 1.22 bits per heavy atom. The van der Waals surface area contributed by atoms with Gasteiger partial charge in [-0.3, -0.25) is 4.79 Å². The van der Waals surface area contributed by atoms with Crippen molar-refractivity contribution >= 4 is 34.0 Å². The fourth-order valence-electron chi connectivity index (χ4n) is 4.17. The second-order valence-electron chi connectivity index (χ2n) is 7.41. The molecule has 2 fully saturated rings. The van der Waals surface area contributed by atoms with E-state index < -0.39 is 0 Å². The summed E-state index contributed by atoms with van der Waals surface area (Å²) in [4.78, 5) is 26.5. The first-order chi connectivity index (χ1) is 13.2. The molecule has 2 aromatic heterocycles. The monoisotopic (exact) mass is 386 g/mol. The highest BCUT2D eigenvalue weighted by Gasteiger charge is 2.46. The highest BCUT2D eigenvalue weighted by Crippen LogP contribution is 2.45. The lowest BCUT2D eigenvalue weighted by molar-refractivity contribution is 0.0910. The largest absolute Gasteiger partial charge is 0.379 e. The van der Waals surface area contributed by atoms with Gasteiger partial charge in [0.05, 0.1) is 23.9 Å². The van der Waals surface area contributed by atoms with Crippen LogP contribution < -0.4 is 16.0 Å². The number of nitrogens with zero attached hydrogens (tertiary/aromatic N) is 3. The van der Waals surface area contributed by atoms with E-state index in [1.54, 1.807) is 0 Å². The number of nitrogens with one attached hydrogen (secondary N) is 3. The molecule has 1 atom stereocenters. The second-order valence-corrected chi connectivity index (χ2v) is 8.41. The van der Waals surface area contributed by atoms with Crippen LogP contribution in [0.25, 0.3) is 0 Å². The van der Waals surface area contributed by atoms with Crippen molar-refractivity contribution in [3.05, 3.63) is 23.0 Å². The fraction of sp³-hybridized carbons (Fsp3) is 0.556. The lowest BCUT2D eigenvalue weighted by Crippen LogP contribution is -2.41. The second kappa shape index (κ2) is 6.72. The molecule has 3 N–H and O–H groups in total. The summed E-state index contributed by atoms with van der Waals surface area (Å²) >= 11 is 1.40. The van der Waals surface area contributed by atoms with Gasteiger partial charge in [0.2, 0.25) is 0 Å². The molecule has 2 aromatic rings. The molecule has 0 radical (unpaired) electrons. The van der Waals surface area contributed by atoms with Gasteiger partial charge in [0.25, 0.3) is 5.91 Å². The maximum Gasteiger partial charge on any atom is 0.264 e. The number of fused-ring (bicyclic) bond motifs is 2. The molecule has 0 bridgehead atoms.